The minimum atomic E-state index is -4.46. The van der Waals surface area contributed by atoms with Gasteiger partial charge in [-0.3, -0.25) is 5.32 Å². The maximum absolute atomic E-state index is 12.5. The number of nitrogens with zero attached hydrogens (tertiary/aromatic N) is 2. The minimum Gasteiger partial charge on any atom is -0.468 e. The average Bonchev–Trinajstić information content (AvgIpc) is 3.05. The molecule has 1 amide bonds. The summed E-state index contributed by atoms with van der Waals surface area (Å²) in [5.74, 6) is 0.339. The summed E-state index contributed by atoms with van der Waals surface area (Å²) in [5.41, 5.74) is 0.852. The van der Waals surface area contributed by atoms with Gasteiger partial charge in [-0.05, 0) is 31.7 Å². The van der Waals surface area contributed by atoms with E-state index in [1.165, 1.54) is 6.20 Å². The molecular formula is C18H20F3N3O4. The van der Waals surface area contributed by atoms with E-state index in [-0.39, 0.29) is 17.7 Å². The first-order valence-corrected chi connectivity index (χ1v) is 8.90. The van der Waals surface area contributed by atoms with Gasteiger partial charge in [0.2, 0.25) is 5.88 Å². The molecule has 2 aromatic heterocycles. The number of pyridine rings is 1. The first-order valence-electron chi connectivity index (χ1n) is 8.90. The molecule has 7 nitrogen and oxygen atoms in total. The van der Waals surface area contributed by atoms with Crippen LogP contribution in [0.15, 0.2) is 23.1 Å². The third-order valence-electron chi connectivity index (χ3n) is 4.43. The topological polar surface area (TPSA) is 86.5 Å². The number of aryl methyl sites for hydroxylation is 1. The Morgan fingerprint density at radius 1 is 1.25 bits per heavy atom. The zero-order chi connectivity index (χ0) is 20.1. The fourth-order valence-electron chi connectivity index (χ4n) is 3.14. The molecule has 2 aromatic rings. The Hall–Kier alpha value is -2.78. The Morgan fingerprint density at radius 2 is 2.00 bits per heavy atom. The summed E-state index contributed by atoms with van der Waals surface area (Å²) in [6.07, 6.45) is 1.82. The number of ether oxygens (including phenoxy) is 2. The van der Waals surface area contributed by atoms with Crippen molar-refractivity contribution in [2.24, 2.45) is 0 Å². The fourth-order valence-corrected chi connectivity index (χ4v) is 3.14. The summed E-state index contributed by atoms with van der Waals surface area (Å²) in [7, 11) is 0. The van der Waals surface area contributed by atoms with Crippen molar-refractivity contribution < 1.29 is 31.9 Å². The van der Waals surface area contributed by atoms with Gasteiger partial charge in [0.1, 0.15) is 0 Å². The second-order valence-electron chi connectivity index (χ2n) is 6.59. The SMILES string of the molecule is Cc1ocnc1OC(=O)Nc1cnc(OCC(F)(F)F)c(C2CCCCC2)c1. The Balaban J connectivity index is 1.76. The molecule has 0 saturated heterocycles. The van der Waals surface area contributed by atoms with E-state index in [9.17, 15) is 18.0 Å². The molecule has 1 fully saturated rings. The van der Waals surface area contributed by atoms with E-state index < -0.39 is 18.9 Å². The number of anilines is 1. The summed E-state index contributed by atoms with van der Waals surface area (Å²) >= 11 is 0. The molecule has 0 spiro atoms. The molecule has 0 unspecified atom stereocenters. The maximum Gasteiger partial charge on any atom is 0.422 e. The molecular weight excluding hydrogens is 379 g/mol. The van der Waals surface area contributed by atoms with Crippen molar-refractivity contribution in [2.75, 3.05) is 11.9 Å². The highest BCUT2D eigenvalue weighted by molar-refractivity contribution is 5.86. The van der Waals surface area contributed by atoms with Crippen LogP contribution in [0, 0.1) is 6.92 Å². The number of carbonyl (C=O) groups is 1. The van der Waals surface area contributed by atoms with Crippen molar-refractivity contribution in [3.8, 4) is 11.8 Å². The van der Waals surface area contributed by atoms with Crippen molar-refractivity contribution in [1.82, 2.24) is 9.97 Å². The van der Waals surface area contributed by atoms with Crippen LogP contribution in [0.25, 0.3) is 0 Å². The number of oxazole rings is 1. The highest BCUT2D eigenvalue weighted by Crippen LogP contribution is 2.38. The van der Waals surface area contributed by atoms with Gasteiger partial charge >= 0.3 is 12.3 Å². The number of alkyl halides is 3. The molecule has 1 aliphatic rings. The lowest BCUT2D eigenvalue weighted by Gasteiger charge is -2.24. The first kappa shape index (κ1) is 20.0. The van der Waals surface area contributed by atoms with Crippen LogP contribution < -0.4 is 14.8 Å². The van der Waals surface area contributed by atoms with Crippen LogP contribution in [-0.2, 0) is 0 Å². The summed E-state index contributed by atoms with van der Waals surface area (Å²) < 4.78 is 52.5. The van der Waals surface area contributed by atoms with Gasteiger partial charge in [0.05, 0.1) is 11.9 Å². The molecule has 0 bridgehead atoms. The molecule has 28 heavy (non-hydrogen) atoms. The highest BCUT2D eigenvalue weighted by atomic mass is 19.4. The third kappa shape index (κ3) is 5.37. The van der Waals surface area contributed by atoms with Crippen molar-refractivity contribution in [1.29, 1.82) is 0 Å². The zero-order valence-electron chi connectivity index (χ0n) is 15.2. The quantitative estimate of drug-likeness (QED) is 0.763. The summed E-state index contributed by atoms with van der Waals surface area (Å²) in [6, 6.07) is 1.59. The second-order valence-corrected chi connectivity index (χ2v) is 6.59. The van der Waals surface area contributed by atoms with Gasteiger partial charge in [0.25, 0.3) is 5.88 Å². The number of halogens is 3. The summed E-state index contributed by atoms with van der Waals surface area (Å²) in [6.45, 7) is 0.172. The van der Waals surface area contributed by atoms with Crippen LogP contribution >= 0.6 is 0 Å². The predicted molar refractivity (Wildman–Crippen MR) is 92.5 cm³/mol. The van der Waals surface area contributed by atoms with E-state index in [1.807, 2.05) is 0 Å². The van der Waals surface area contributed by atoms with E-state index in [2.05, 4.69) is 15.3 Å². The largest absolute Gasteiger partial charge is 0.468 e. The van der Waals surface area contributed by atoms with Gasteiger partial charge in [-0.1, -0.05) is 19.3 Å². The smallest absolute Gasteiger partial charge is 0.422 e. The highest BCUT2D eigenvalue weighted by Gasteiger charge is 2.30. The molecule has 1 N–H and O–H groups in total. The molecule has 10 heteroatoms. The molecule has 2 heterocycles. The first-order chi connectivity index (χ1) is 13.3. The average molecular weight is 399 g/mol. The van der Waals surface area contributed by atoms with E-state index >= 15 is 0 Å². The lowest BCUT2D eigenvalue weighted by molar-refractivity contribution is -0.154. The Bertz CT molecular complexity index is 817. The predicted octanol–water partition coefficient (Wildman–Crippen LogP) is 4.98. The number of nitrogens with one attached hydrogen (secondary N) is 1. The number of amides is 1. The Labute approximate surface area is 159 Å². The maximum atomic E-state index is 12.5. The molecule has 0 atom stereocenters. The number of rotatable bonds is 5. The van der Waals surface area contributed by atoms with Crippen molar-refractivity contribution >= 4 is 11.8 Å². The van der Waals surface area contributed by atoms with Crippen LogP contribution in [0.2, 0.25) is 0 Å². The molecule has 152 valence electrons. The number of hydrogen-bond acceptors (Lipinski definition) is 6. The van der Waals surface area contributed by atoms with Crippen molar-refractivity contribution in [3.63, 3.8) is 0 Å². The number of aromatic nitrogens is 2. The van der Waals surface area contributed by atoms with E-state index in [0.717, 1.165) is 38.5 Å². The molecule has 1 aliphatic carbocycles. The van der Waals surface area contributed by atoms with Crippen LogP contribution in [0.3, 0.4) is 0 Å². The number of hydrogen-bond donors (Lipinski definition) is 1. The van der Waals surface area contributed by atoms with Gasteiger partial charge in [0, 0.05) is 5.56 Å². The molecule has 1 saturated carbocycles. The monoisotopic (exact) mass is 399 g/mol. The van der Waals surface area contributed by atoms with Crippen LogP contribution in [0.1, 0.15) is 49.3 Å². The lowest BCUT2D eigenvalue weighted by atomic mass is 9.84. The van der Waals surface area contributed by atoms with Crippen LogP contribution in [-0.4, -0.2) is 28.8 Å². The third-order valence-corrected chi connectivity index (χ3v) is 4.43. The number of carbonyl (C=O) groups excluding carboxylic acids is 1. The van der Waals surface area contributed by atoms with Gasteiger partial charge in [0.15, 0.2) is 18.8 Å². The zero-order valence-corrected chi connectivity index (χ0v) is 15.2. The summed E-state index contributed by atoms with van der Waals surface area (Å²) in [4.78, 5) is 19.8. The van der Waals surface area contributed by atoms with Gasteiger partial charge < -0.3 is 13.9 Å². The minimum absolute atomic E-state index is 0.0278. The van der Waals surface area contributed by atoms with E-state index in [1.54, 1.807) is 13.0 Å². The van der Waals surface area contributed by atoms with E-state index in [4.69, 9.17) is 13.9 Å². The van der Waals surface area contributed by atoms with Gasteiger partial charge in [-0.2, -0.15) is 18.2 Å². The molecule has 0 aliphatic heterocycles. The van der Waals surface area contributed by atoms with Gasteiger partial charge in [-0.15, -0.1) is 0 Å². The normalized spacial score (nSPS) is 15.3. The molecule has 0 radical (unpaired) electrons. The Morgan fingerprint density at radius 3 is 2.64 bits per heavy atom. The lowest BCUT2D eigenvalue weighted by Crippen LogP contribution is -2.21. The van der Waals surface area contributed by atoms with Crippen LogP contribution in [0.4, 0.5) is 23.7 Å². The second kappa shape index (κ2) is 8.49. The molecule has 3 rings (SSSR count). The standard InChI is InChI=1S/C18H20F3N3O4/c1-11-15(23-10-27-11)28-17(25)24-13-7-14(12-5-3-2-4-6-12)16(22-8-13)26-9-18(19,20)21/h7-8,10,12H,2-6,9H2,1H3,(H,24,25). The van der Waals surface area contributed by atoms with Crippen molar-refractivity contribution in [2.45, 2.75) is 51.1 Å². The van der Waals surface area contributed by atoms with E-state index in [0.29, 0.717) is 17.0 Å². The van der Waals surface area contributed by atoms with Gasteiger partial charge in [-0.25, -0.2) is 9.78 Å². The molecule has 0 aromatic carbocycles. The Kier molecular flexibility index (Phi) is 6.05. The van der Waals surface area contributed by atoms with Crippen molar-refractivity contribution in [3.05, 3.63) is 30.0 Å². The summed E-state index contributed by atoms with van der Waals surface area (Å²) in [5, 5.41) is 2.50. The fraction of sp³-hybridized carbons (Fsp3) is 0.500. The van der Waals surface area contributed by atoms with Crippen LogP contribution in [0.5, 0.6) is 11.8 Å².